The van der Waals surface area contributed by atoms with Crippen LogP contribution in [0, 0.1) is 0 Å². The fourth-order valence-electron chi connectivity index (χ4n) is 2.34. The van der Waals surface area contributed by atoms with Crippen LogP contribution in [-0.2, 0) is 4.79 Å². The van der Waals surface area contributed by atoms with Gasteiger partial charge in [0.2, 0.25) is 5.91 Å². The maximum Gasteiger partial charge on any atom is 0.266 e. The first-order valence-corrected chi connectivity index (χ1v) is 7.93. The smallest absolute Gasteiger partial charge is 0.266 e. The van der Waals surface area contributed by atoms with Crippen molar-refractivity contribution in [3.63, 3.8) is 0 Å². The zero-order chi connectivity index (χ0) is 14.7. The Balaban J connectivity index is 1.84. The summed E-state index contributed by atoms with van der Waals surface area (Å²) in [5.74, 6) is -0.336. The van der Waals surface area contributed by atoms with Crippen molar-refractivity contribution in [1.82, 2.24) is 4.90 Å². The third-order valence-corrected chi connectivity index (χ3v) is 4.36. The fourth-order valence-corrected chi connectivity index (χ4v) is 3.14. The zero-order valence-electron chi connectivity index (χ0n) is 11.5. The monoisotopic (exact) mass is 301 g/mol. The Bertz CT molecular complexity index is 617. The highest BCUT2D eigenvalue weighted by atomic mass is 32.2. The second kappa shape index (κ2) is 6.22. The van der Waals surface area contributed by atoms with Crippen molar-refractivity contribution in [1.29, 1.82) is 0 Å². The van der Waals surface area contributed by atoms with Crippen LogP contribution in [0.2, 0.25) is 0 Å². The van der Waals surface area contributed by atoms with E-state index in [0.717, 1.165) is 36.3 Å². The molecule has 108 valence electrons. The first-order valence-electron chi connectivity index (χ1n) is 6.94. The Morgan fingerprint density at radius 1 is 1.10 bits per heavy atom. The molecule has 0 spiro atoms. The molecule has 1 heterocycles. The molecule has 0 bridgehead atoms. The Morgan fingerprint density at radius 2 is 1.81 bits per heavy atom. The third kappa shape index (κ3) is 3.05. The molecule has 0 radical (unpaired) electrons. The molecule has 2 aliphatic rings. The molecule has 0 unspecified atom stereocenters. The van der Waals surface area contributed by atoms with Crippen LogP contribution >= 0.6 is 11.8 Å². The predicted octanol–water partition coefficient (Wildman–Crippen LogP) is 2.69. The maximum atomic E-state index is 12.4. The van der Waals surface area contributed by atoms with Gasteiger partial charge in [-0.3, -0.25) is 9.59 Å². The molecule has 3 rings (SSSR count). The molecule has 21 heavy (non-hydrogen) atoms. The molecule has 6 heteroatoms. The molecule has 1 saturated carbocycles. The SMILES string of the molecule is O=C1CS/C(=N/N=C2CCCC2)N1C(=O)c1ccccc1. The van der Waals surface area contributed by atoms with Crippen molar-refractivity contribution < 1.29 is 9.59 Å². The summed E-state index contributed by atoms with van der Waals surface area (Å²) >= 11 is 1.26. The highest BCUT2D eigenvalue weighted by Gasteiger charge is 2.34. The van der Waals surface area contributed by atoms with Gasteiger partial charge in [-0.2, -0.15) is 5.10 Å². The summed E-state index contributed by atoms with van der Waals surface area (Å²) in [5.41, 5.74) is 1.53. The predicted molar refractivity (Wildman–Crippen MR) is 83.4 cm³/mol. The van der Waals surface area contributed by atoms with Crippen molar-refractivity contribution in [2.75, 3.05) is 5.75 Å². The molecule has 1 aromatic rings. The van der Waals surface area contributed by atoms with Crippen LogP contribution in [0.15, 0.2) is 40.5 Å². The lowest BCUT2D eigenvalue weighted by molar-refractivity contribution is -0.122. The maximum absolute atomic E-state index is 12.4. The number of imide groups is 1. The number of amides is 2. The standard InChI is InChI=1S/C15H15N3O2S/c19-13-10-21-15(17-16-12-8-4-5-9-12)18(13)14(20)11-6-2-1-3-7-11/h1-3,6-7H,4-5,8-10H2/b17-15+. The van der Waals surface area contributed by atoms with Gasteiger partial charge in [0.05, 0.1) is 5.75 Å². The summed E-state index contributed by atoms with van der Waals surface area (Å²) in [6.45, 7) is 0. The van der Waals surface area contributed by atoms with Gasteiger partial charge in [-0.25, -0.2) is 4.90 Å². The van der Waals surface area contributed by atoms with Crippen LogP contribution in [0.1, 0.15) is 36.0 Å². The lowest BCUT2D eigenvalue weighted by Gasteiger charge is -2.13. The number of carbonyl (C=O) groups excluding carboxylic acids is 2. The van der Waals surface area contributed by atoms with E-state index in [9.17, 15) is 9.59 Å². The van der Waals surface area contributed by atoms with Crippen molar-refractivity contribution in [3.05, 3.63) is 35.9 Å². The number of hydrogen-bond donors (Lipinski definition) is 0. The minimum Gasteiger partial charge on any atom is -0.273 e. The van der Waals surface area contributed by atoms with Crippen molar-refractivity contribution in [2.45, 2.75) is 25.7 Å². The Morgan fingerprint density at radius 3 is 2.52 bits per heavy atom. The van der Waals surface area contributed by atoms with E-state index in [2.05, 4.69) is 10.2 Å². The minimum absolute atomic E-state index is 0.237. The summed E-state index contributed by atoms with van der Waals surface area (Å²) in [4.78, 5) is 25.5. The molecular weight excluding hydrogens is 286 g/mol. The Hall–Kier alpha value is -1.95. The largest absolute Gasteiger partial charge is 0.273 e. The van der Waals surface area contributed by atoms with Gasteiger partial charge in [0.25, 0.3) is 5.91 Å². The van der Waals surface area contributed by atoms with E-state index < -0.39 is 0 Å². The second-order valence-electron chi connectivity index (χ2n) is 4.94. The fraction of sp³-hybridized carbons (Fsp3) is 0.333. The molecule has 0 atom stereocenters. The van der Waals surface area contributed by atoms with E-state index in [0.29, 0.717) is 10.7 Å². The minimum atomic E-state index is -0.337. The number of carbonyl (C=O) groups is 2. The average Bonchev–Trinajstić information content (AvgIpc) is 3.15. The molecule has 1 aromatic carbocycles. The third-order valence-electron chi connectivity index (χ3n) is 3.45. The van der Waals surface area contributed by atoms with Gasteiger partial charge in [0, 0.05) is 11.3 Å². The summed E-state index contributed by atoms with van der Waals surface area (Å²) in [5, 5.41) is 8.72. The van der Waals surface area contributed by atoms with Gasteiger partial charge >= 0.3 is 0 Å². The molecular formula is C15H15N3O2S. The number of amidine groups is 1. The number of rotatable bonds is 2. The molecule has 5 nitrogen and oxygen atoms in total. The first-order chi connectivity index (χ1) is 10.3. The summed E-state index contributed by atoms with van der Waals surface area (Å²) < 4.78 is 0. The number of nitrogens with zero attached hydrogens (tertiary/aromatic N) is 3. The van der Waals surface area contributed by atoms with Crippen molar-refractivity contribution >= 4 is 34.5 Å². The molecule has 0 aromatic heterocycles. The second-order valence-corrected chi connectivity index (χ2v) is 5.89. The molecule has 1 saturated heterocycles. The van der Waals surface area contributed by atoms with E-state index in [1.54, 1.807) is 24.3 Å². The lowest BCUT2D eigenvalue weighted by atomic mass is 10.2. The van der Waals surface area contributed by atoms with Crippen LogP contribution in [0.4, 0.5) is 0 Å². The van der Waals surface area contributed by atoms with Crippen LogP contribution < -0.4 is 0 Å². The van der Waals surface area contributed by atoms with Gasteiger partial charge in [-0.15, -0.1) is 5.10 Å². The Kier molecular flexibility index (Phi) is 4.15. The van der Waals surface area contributed by atoms with Crippen molar-refractivity contribution in [3.8, 4) is 0 Å². The van der Waals surface area contributed by atoms with Gasteiger partial charge in [-0.1, -0.05) is 30.0 Å². The molecule has 0 N–H and O–H groups in total. The molecule has 2 fully saturated rings. The van der Waals surface area contributed by atoms with Gasteiger partial charge in [0.1, 0.15) is 0 Å². The van der Waals surface area contributed by atoms with E-state index in [1.807, 2.05) is 6.07 Å². The number of benzene rings is 1. The van der Waals surface area contributed by atoms with Crippen molar-refractivity contribution in [2.24, 2.45) is 10.2 Å². The van der Waals surface area contributed by atoms with E-state index in [1.165, 1.54) is 11.8 Å². The summed E-state index contributed by atoms with van der Waals surface area (Å²) in [6, 6.07) is 8.77. The van der Waals surface area contributed by atoms with Crippen LogP contribution in [0.25, 0.3) is 0 Å². The molecule has 1 aliphatic heterocycles. The topological polar surface area (TPSA) is 62.1 Å². The number of hydrogen-bond acceptors (Lipinski definition) is 5. The first kappa shape index (κ1) is 14.0. The lowest BCUT2D eigenvalue weighted by Crippen LogP contribution is -2.35. The molecule has 2 amide bonds. The van der Waals surface area contributed by atoms with E-state index >= 15 is 0 Å². The van der Waals surface area contributed by atoms with Gasteiger partial charge in [-0.05, 0) is 37.8 Å². The quantitative estimate of drug-likeness (QED) is 0.623. The highest BCUT2D eigenvalue weighted by Crippen LogP contribution is 2.23. The van der Waals surface area contributed by atoms with Crippen LogP contribution in [0.5, 0.6) is 0 Å². The summed E-state index contributed by atoms with van der Waals surface area (Å²) in [7, 11) is 0. The van der Waals surface area contributed by atoms with E-state index in [-0.39, 0.29) is 17.6 Å². The Labute approximate surface area is 127 Å². The van der Waals surface area contributed by atoms with Gasteiger partial charge < -0.3 is 0 Å². The van der Waals surface area contributed by atoms with Crippen LogP contribution in [0.3, 0.4) is 0 Å². The van der Waals surface area contributed by atoms with E-state index in [4.69, 9.17) is 0 Å². The zero-order valence-corrected chi connectivity index (χ0v) is 12.3. The number of thioether (sulfide) groups is 1. The van der Waals surface area contributed by atoms with Gasteiger partial charge in [0.15, 0.2) is 5.17 Å². The summed E-state index contributed by atoms with van der Waals surface area (Å²) in [6.07, 6.45) is 4.20. The highest BCUT2D eigenvalue weighted by molar-refractivity contribution is 8.15. The average molecular weight is 301 g/mol. The molecule has 1 aliphatic carbocycles. The normalized spacial score (nSPS) is 20.4. The van der Waals surface area contributed by atoms with Crippen LogP contribution in [-0.4, -0.2) is 33.3 Å².